The summed E-state index contributed by atoms with van der Waals surface area (Å²) in [5.74, 6) is -1.33. The highest BCUT2D eigenvalue weighted by Gasteiger charge is 2.21. The molecule has 2 amide bonds. The molecule has 0 aliphatic rings. The number of benzene rings is 2. The summed E-state index contributed by atoms with van der Waals surface area (Å²) in [5.41, 5.74) is 1.73. The summed E-state index contributed by atoms with van der Waals surface area (Å²) in [7, 11) is -3.66. The van der Waals surface area contributed by atoms with Gasteiger partial charge in [0.15, 0.2) is 9.84 Å². The van der Waals surface area contributed by atoms with Gasteiger partial charge < -0.3 is 9.30 Å². The molecule has 0 bridgehead atoms. The Kier molecular flexibility index (Phi) is 6.74. The molecule has 0 unspecified atom stereocenters. The third-order valence-corrected chi connectivity index (χ3v) is 5.64. The Bertz CT molecular complexity index is 1250. The van der Waals surface area contributed by atoms with Crippen LogP contribution in [0.2, 0.25) is 0 Å². The van der Waals surface area contributed by atoms with E-state index in [1.165, 1.54) is 6.07 Å². The highest BCUT2D eigenvalue weighted by Crippen LogP contribution is 2.25. The molecule has 10 heteroatoms. The normalized spacial score (nSPS) is 10.9. The first-order valence-corrected chi connectivity index (χ1v) is 11.4. The molecule has 3 N–H and O–H groups in total. The molecule has 0 aliphatic heterocycles. The Hall–Kier alpha value is -3.92. The molecule has 2 aromatic carbocycles. The summed E-state index contributed by atoms with van der Waals surface area (Å²) in [6.07, 6.45) is 3.54. The number of ether oxygens (including phenoxy) is 1. The minimum Gasteiger partial charge on any atom is -0.444 e. The lowest BCUT2D eigenvalue weighted by molar-refractivity contribution is 0.0974. The number of nitrogens with one attached hydrogen (secondary N) is 3. The summed E-state index contributed by atoms with van der Waals surface area (Å²) in [4.78, 5) is 24.5. The quantitative estimate of drug-likeness (QED) is 0.403. The zero-order chi connectivity index (χ0) is 23.3. The first-order valence-electron chi connectivity index (χ1n) is 9.51. The number of hydrogen-bond acceptors (Lipinski definition) is 6. The Balaban J connectivity index is 1.71. The van der Waals surface area contributed by atoms with Crippen molar-refractivity contribution in [3.05, 3.63) is 83.7 Å². The molecule has 0 saturated carbocycles. The fraction of sp³-hybridized carbons (Fsp3) is 0.136. The van der Waals surface area contributed by atoms with Crippen molar-refractivity contribution in [2.24, 2.45) is 0 Å². The van der Waals surface area contributed by atoms with E-state index in [0.717, 1.165) is 11.8 Å². The molecule has 0 radical (unpaired) electrons. The smallest absolute Gasteiger partial charge is 0.414 e. The standard InChI is InChI=1S/C22H22N4O5S/c1-15-12-18(26-10-6-7-11-26)19(32(2,29)30)13-17(15)20(27)24-21(23)25-22(28)31-14-16-8-4-3-5-9-16/h3-13H,14H2,1-2H3,(H3,23,24,25,27,28). The topological polar surface area (TPSA) is 130 Å². The fourth-order valence-electron chi connectivity index (χ4n) is 2.98. The maximum atomic E-state index is 12.7. The van der Waals surface area contributed by atoms with Gasteiger partial charge in [0.1, 0.15) is 6.61 Å². The molecular formula is C22H22N4O5S. The molecule has 0 atom stereocenters. The molecule has 0 spiro atoms. The van der Waals surface area contributed by atoms with Crippen molar-refractivity contribution in [1.82, 2.24) is 15.2 Å². The molecule has 166 valence electrons. The largest absolute Gasteiger partial charge is 0.444 e. The van der Waals surface area contributed by atoms with Crippen LogP contribution in [0.15, 0.2) is 71.9 Å². The van der Waals surface area contributed by atoms with Crippen molar-refractivity contribution < 1.29 is 22.7 Å². The van der Waals surface area contributed by atoms with E-state index in [9.17, 15) is 18.0 Å². The van der Waals surface area contributed by atoms with Gasteiger partial charge in [-0.15, -0.1) is 0 Å². The van der Waals surface area contributed by atoms with Gasteiger partial charge >= 0.3 is 6.09 Å². The molecule has 3 aromatic rings. The fourth-order valence-corrected chi connectivity index (χ4v) is 3.86. The molecule has 1 aromatic heterocycles. The van der Waals surface area contributed by atoms with Crippen LogP contribution < -0.4 is 10.6 Å². The van der Waals surface area contributed by atoms with Gasteiger partial charge in [0, 0.05) is 24.2 Å². The summed E-state index contributed by atoms with van der Waals surface area (Å²) in [5, 5.41) is 12.2. The van der Waals surface area contributed by atoms with Crippen LogP contribution in [0, 0.1) is 12.3 Å². The van der Waals surface area contributed by atoms with E-state index < -0.39 is 27.8 Å². The Morgan fingerprint density at radius 2 is 1.69 bits per heavy atom. The number of alkyl carbamates (subject to hydrolysis) is 1. The van der Waals surface area contributed by atoms with Crippen LogP contribution in [0.25, 0.3) is 5.69 Å². The molecule has 0 saturated heterocycles. The second-order valence-corrected chi connectivity index (χ2v) is 9.00. The van der Waals surface area contributed by atoms with Gasteiger partial charge in [-0.25, -0.2) is 13.2 Å². The van der Waals surface area contributed by atoms with Crippen LogP contribution in [0.4, 0.5) is 4.79 Å². The molecule has 3 rings (SSSR count). The summed E-state index contributed by atoms with van der Waals surface area (Å²) < 4.78 is 31.3. The van der Waals surface area contributed by atoms with Crippen LogP contribution in [0.1, 0.15) is 21.5 Å². The first-order chi connectivity index (χ1) is 15.1. The van der Waals surface area contributed by atoms with E-state index >= 15 is 0 Å². The number of guanidine groups is 1. The monoisotopic (exact) mass is 454 g/mol. The lowest BCUT2D eigenvalue weighted by Gasteiger charge is -2.15. The van der Waals surface area contributed by atoms with E-state index in [1.54, 1.807) is 66.3 Å². The number of sulfone groups is 1. The maximum Gasteiger partial charge on any atom is 0.414 e. The van der Waals surface area contributed by atoms with Crippen LogP contribution >= 0.6 is 0 Å². The number of carbonyl (C=O) groups excluding carboxylic acids is 2. The average Bonchev–Trinajstić information content (AvgIpc) is 3.26. The van der Waals surface area contributed by atoms with E-state index in [-0.39, 0.29) is 17.1 Å². The van der Waals surface area contributed by atoms with E-state index in [4.69, 9.17) is 10.1 Å². The van der Waals surface area contributed by atoms with Gasteiger partial charge in [-0.1, -0.05) is 30.3 Å². The van der Waals surface area contributed by atoms with Crippen LogP contribution in [0.3, 0.4) is 0 Å². The molecule has 0 fully saturated rings. The van der Waals surface area contributed by atoms with Crippen molar-refractivity contribution >= 4 is 27.8 Å². The SMILES string of the molecule is Cc1cc(-n2cccc2)c(S(C)(=O)=O)cc1C(=O)NC(=N)NC(=O)OCc1ccccc1. The van der Waals surface area contributed by atoms with Gasteiger partial charge in [0.05, 0.1) is 10.6 Å². The minimum atomic E-state index is -3.66. The second kappa shape index (κ2) is 9.48. The Labute approximate surface area is 185 Å². The molecule has 9 nitrogen and oxygen atoms in total. The van der Waals surface area contributed by atoms with Gasteiger partial charge in [-0.2, -0.15) is 0 Å². The number of nitrogens with zero attached hydrogens (tertiary/aromatic N) is 1. The molecular weight excluding hydrogens is 432 g/mol. The number of rotatable bonds is 5. The van der Waals surface area contributed by atoms with Gasteiger partial charge in [-0.3, -0.25) is 20.8 Å². The predicted octanol–water partition coefficient (Wildman–Crippen LogP) is 2.78. The van der Waals surface area contributed by atoms with E-state index in [1.807, 2.05) is 6.07 Å². The maximum absolute atomic E-state index is 12.7. The number of hydrogen-bond donors (Lipinski definition) is 3. The van der Waals surface area contributed by atoms with Gasteiger partial charge in [0.25, 0.3) is 5.91 Å². The van der Waals surface area contributed by atoms with Crippen LogP contribution in [0.5, 0.6) is 0 Å². The van der Waals surface area contributed by atoms with E-state index in [2.05, 4.69) is 10.6 Å². The highest BCUT2D eigenvalue weighted by molar-refractivity contribution is 7.90. The zero-order valence-electron chi connectivity index (χ0n) is 17.5. The van der Waals surface area contributed by atoms with Gasteiger partial charge in [0.2, 0.25) is 5.96 Å². The van der Waals surface area contributed by atoms with E-state index in [0.29, 0.717) is 11.3 Å². The predicted molar refractivity (Wildman–Crippen MR) is 119 cm³/mol. The number of amides is 2. The lowest BCUT2D eigenvalue weighted by Crippen LogP contribution is -2.43. The lowest BCUT2D eigenvalue weighted by atomic mass is 10.1. The third kappa shape index (κ3) is 5.61. The first kappa shape index (κ1) is 22.8. The molecule has 1 heterocycles. The molecule has 0 aliphatic carbocycles. The number of aryl methyl sites for hydroxylation is 1. The summed E-state index contributed by atoms with van der Waals surface area (Å²) in [6.45, 7) is 1.66. The van der Waals surface area contributed by atoms with Crippen LogP contribution in [-0.4, -0.2) is 37.2 Å². The van der Waals surface area contributed by atoms with Crippen LogP contribution in [-0.2, 0) is 21.2 Å². The number of aromatic nitrogens is 1. The van der Waals surface area contributed by atoms with Crippen molar-refractivity contribution in [2.75, 3.05) is 6.26 Å². The van der Waals surface area contributed by atoms with Gasteiger partial charge in [-0.05, 0) is 42.3 Å². The minimum absolute atomic E-state index is 0.00554. The zero-order valence-corrected chi connectivity index (χ0v) is 18.3. The van der Waals surface area contributed by atoms with Crippen molar-refractivity contribution in [1.29, 1.82) is 5.41 Å². The molecule has 32 heavy (non-hydrogen) atoms. The Morgan fingerprint density at radius 3 is 2.31 bits per heavy atom. The second-order valence-electron chi connectivity index (χ2n) is 7.01. The number of carbonyl (C=O) groups is 2. The van der Waals surface area contributed by atoms with Crippen molar-refractivity contribution in [3.63, 3.8) is 0 Å². The highest BCUT2D eigenvalue weighted by atomic mass is 32.2. The summed E-state index contributed by atoms with van der Waals surface area (Å²) >= 11 is 0. The van der Waals surface area contributed by atoms with Crippen molar-refractivity contribution in [2.45, 2.75) is 18.4 Å². The average molecular weight is 455 g/mol. The van der Waals surface area contributed by atoms with Crippen molar-refractivity contribution in [3.8, 4) is 5.69 Å². The Morgan fingerprint density at radius 1 is 1.03 bits per heavy atom. The third-order valence-electron chi connectivity index (χ3n) is 4.51. The summed E-state index contributed by atoms with van der Waals surface area (Å²) in [6, 6.07) is 15.3.